The predicted octanol–water partition coefficient (Wildman–Crippen LogP) is 5.19. The number of carbonyl (C=O) groups is 2. The summed E-state index contributed by atoms with van der Waals surface area (Å²) >= 11 is 0. The molecular weight excluding hydrogens is 487 g/mol. The molecule has 1 fully saturated rings. The molecule has 0 radical (unpaired) electrons. The zero-order valence-electron chi connectivity index (χ0n) is 21.1. The van der Waals surface area contributed by atoms with Gasteiger partial charge in [-0.15, -0.1) is 0 Å². The lowest BCUT2D eigenvalue weighted by Crippen LogP contribution is -2.50. The summed E-state index contributed by atoms with van der Waals surface area (Å²) in [5, 5.41) is 10.3. The van der Waals surface area contributed by atoms with Gasteiger partial charge in [0.1, 0.15) is 11.4 Å². The maximum Gasteiger partial charge on any atom is 0.410 e. The summed E-state index contributed by atoms with van der Waals surface area (Å²) < 4.78 is 46.3. The molecule has 2 heterocycles. The maximum atomic E-state index is 14.6. The zero-order chi connectivity index (χ0) is 26.9. The van der Waals surface area contributed by atoms with Crippen LogP contribution in [0.5, 0.6) is 0 Å². The molecule has 1 aliphatic heterocycles. The molecule has 0 spiro atoms. The Bertz CT molecular complexity index is 1300. The van der Waals surface area contributed by atoms with E-state index in [1.165, 1.54) is 19.1 Å². The molecule has 0 unspecified atom stereocenters. The fraction of sp³-hybridized carbons (Fsp3) is 0.423. The van der Waals surface area contributed by atoms with E-state index < -0.39 is 35.4 Å². The Balaban J connectivity index is 1.52. The Morgan fingerprint density at radius 1 is 1.11 bits per heavy atom. The number of hydrogen-bond donors (Lipinski definition) is 2. The number of piperazine rings is 1. The van der Waals surface area contributed by atoms with Crippen molar-refractivity contribution in [1.29, 1.82) is 0 Å². The van der Waals surface area contributed by atoms with E-state index in [0.29, 0.717) is 37.1 Å². The smallest absolute Gasteiger partial charge is 0.410 e. The van der Waals surface area contributed by atoms with Crippen LogP contribution < -0.4 is 10.2 Å². The molecule has 1 aromatic heterocycles. The second-order valence-corrected chi connectivity index (χ2v) is 10.0. The third-order valence-electron chi connectivity index (χ3n) is 6.18. The molecule has 1 atom stereocenters. The van der Waals surface area contributed by atoms with Crippen molar-refractivity contribution >= 4 is 28.6 Å². The molecule has 3 aromatic rings. The second-order valence-electron chi connectivity index (χ2n) is 10.0. The number of fused-ring (bicyclic) bond motifs is 1. The summed E-state index contributed by atoms with van der Waals surface area (Å²) in [5.74, 6) is -1.54. The highest BCUT2D eigenvalue weighted by Gasteiger charge is 2.27. The van der Waals surface area contributed by atoms with Gasteiger partial charge in [0.05, 0.1) is 28.9 Å². The lowest BCUT2D eigenvalue weighted by molar-refractivity contribution is 0.0240. The number of halogens is 3. The van der Waals surface area contributed by atoms with Crippen molar-refractivity contribution in [2.45, 2.75) is 45.8 Å². The van der Waals surface area contributed by atoms with Gasteiger partial charge in [-0.25, -0.2) is 18.0 Å². The maximum absolute atomic E-state index is 14.6. The lowest BCUT2D eigenvalue weighted by atomic mass is 10.0. The number of aromatic amines is 1. The Labute approximate surface area is 212 Å². The fourth-order valence-electron chi connectivity index (χ4n) is 4.30. The quantitative estimate of drug-likeness (QED) is 0.486. The van der Waals surface area contributed by atoms with Gasteiger partial charge < -0.3 is 19.9 Å². The molecular formula is C26H30F3N5O3. The number of aromatic nitrogens is 2. The van der Waals surface area contributed by atoms with Gasteiger partial charge in [0, 0.05) is 42.8 Å². The first-order valence-electron chi connectivity index (χ1n) is 12.0. The highest BCUT2D eigenvalue weighted by Crippen LogP contribution is 2.29. The van der Waals surface area contributed by atoms with Crippen molar-refractivity contribution < 1.29 is 27.5 Å². The van der Waals surface area contributed by atoms with Gasteiger partial charge in [0.2, 0.25) is 0 Å². The van der Waals surface area contributed by atoms with Crippen molar-refractivity contribution in [1.82, 2.24) is 20.4 Å². The number of ether oxygens (including phenoxy) is 1. The van der Waals surface area contributed by atoms with Gasteiger partial charge >= 0.3 is 6.09 Å². The number of H-pyrrole nitrogens is 1. The van der Waals surface area contributed by atoms with E-state index in [2.05, 4.69) is 20.4 Å². The first-order chi connectivity index (χ1) is 17.4. The normalized spacial score (nSPS) is 15.2. The van der Waals surface area contributed by atoms with Gasteiger partial charge in [-0.3, -0.25) is 9.89 Å². The van der Waals surface area contributed by atoms with Crippen LogP contribution in [0.15, 0.2) is 36.5 Å². The number of benzene rings is 2. The number of anilines is 1. The molecule has 4 rings (SSSR count). The Hall–Kier alpha value is -3.76. The molecule has 0 bridgehead atoms. The number of hydrogen-bond acceptors (Lipinski definition) is 5. The topological polar surface area (TPSA) is 90.6 Å². The van der Waals surface area contributed by atoms with Crippen molar-refractivity contribution in [2.75, 3.05) is 31.1 Å². The van der Waals surface area contributed by atoms with E-state index in [4.69, 9.17) is 4.74 Å². The van der Waals surface area contributed by atoms with Crippen molar-refractivity contribution in [3.8, 4) is 0 Å². The molecule has 2 aromatic carbocycles. The Morgan fingerprint density at radius 3 is 2.43 bits per heavy atom. The molecule has 0 saturated carbocycles. The van der Waals surface area contributed by atoms with Crippen LogP contribution in [0, 0.1) is 5.82 Å². The molecule has 198 valence electrons. The van der Waals surface area contributed by atoms with Crippen molar-refractivity contribution in [3.63, 3.8) is 0 Å². The molecule has 1 aliphatic rings. The predicted molar refractivity (Wildman–Crippen MR) is 133 cm³/mol. The monoisotopic (exact) mass is 517 g/mol. The van der Waals surface area contributed by atoms with E-state index in [1.807, 2.05) is 26.8 Å². The average Bonchev–Trinajstić information content (AvgIpc) is 3.31. The lowest BCUT2D eigenvalue weighted by Gasteiger charge is -2.37. The van der Waals surface area contributed by atoms with Crippen LogP contribution in [0.1, 0.15) is 61.6 Å². The first kappa shape index (κ1) is 26.3. The number of alkyl halides is 2. The summed E-state index contributed by atoms with van der Waals surface area (Å²) in [6.45, 7) is 8.97. The summed E-state index contributed by atoms with van der Waals surface area (Å²) in [5.41, 5.74) is 0.244. The summed E-state index contributed by atoms with van der Waals surface area (Å²) in [6.07, 6.45) is -1.73. The number of nitrogens with one attached hydrogen (secondary N) is 2. The number of nitrogens with zero attached hydrogens (tertiary/aromatic N) is 3. The minimum Gasteiger partial charge on any atom is -0.444 e. The van der Waals surface area contributed by atoms with Crippen LogP contribution in [0.4, 0.5) is 23.7 Å². The minimum absolute atomic E-state index is 0.0265. The van der Waals surface area contributed by atoms with Gasteiger partial charge in [-0.05, 0) is 39.8 Å². The SMILES string of the molecule is C[C@@H](NC(=O)c1cc(N2CCN(C(=O)OC(C)(C)C)CC2)cc2cn[nH]c12)c1cccc(C(F)F)c1F. The Morgan fingerprint density at radius 2 is 1.78 bits per heavy atom. The fourth-order valence-corrected chi connectivity index (χ4v) is 4.30. The van der Waals surface area contributed by atoms with Crippen molar-refractivity contribution in [3.05, 3.63) is 59.0 Å². The standard InChI is InChI=1S/C26H30F3N5O3/c1-15(18-6-5-7-19(21(18)27)23(28)29)31-24(35)20-13-17(12-16-14-30-32-22(16)20)33-8-10-34(11-9-33)25(36)37-26(2,3)4/h5-7,12-15,23H,8-11H2,1-4H3,(H,30,32)(H,31,35)/t15-/m1/s1. The number of amides is 2. The van der Waals surface area contributed by atoms with E-state index >= 15 is 0 Å². The summed E-state index contributed by atoms with van der Waals surface area (Å²) in [4.78, 5) is 29.4. The molecule has 0 aliphatic carbocycles. The van der Waals surface area contributed by atoms with Crippen LogP contribution in [-0.2, 0) is 4.74 Å². The van der Waals surface area contributed by atoms with Crippen LogP contribution in [0.25, 0.3) is 10.9 Å². The van der Waals surface area contributed by atoms with E-state index in [-0.39, 0.29) is 17.2 Å². The van der Waals surface area contributed by atoms with Gasteiger partial charge in [-0.1, -0.05) is 18.2 Å². The van der Waals surface area contributed by atoms with Crippen molar-refractivity contribution in [2.24, 2.45) is 0 Å². The Kier molecular flexibility index (Phi) is 7.33. The molecule has 37 heavy (non-hydrogen) atoms. The molecule has 1 saturated heterocycles. The molecule has 11 heteroatoms. The largest absolute Gasteiger partial charge is 0.444 e. The third-order valence-corrected chi connectivity index (χ3v) is 6.18. The molecule has 2 N–H and O–H groups in total. The van der Waals surface area contributed by atoms with Crippen LogP contribution in [-0.4, -0.2) is 58.9 Å². The summed E-state index contributed by atoms with van der Waals surface area (Å²) in [6, 6.07) is 6.49. The van der Waals surface area contributed by atoms with Crippen LogP contribution in [0.3, 0.4) is 0 Å². The zero-order valence-corrected chi connectivity index (χ0v) is 21.1. The number of rotatable bonds is 5. The first-order valence-corrected chi connectivity index (χ1v) is 12.0. The van der Waals surface area contributed by atoms with Gasteiger partial charge in [0.15, 0.2) is 0 Å². The molecule has 8 nitrogen and oxygen atoms in total. The van der Waals surface area contributed by atoms with Crippen LogP contribution >= 0.6 is 0 Å². The molecule has 2 amide bonds. The average molecular weight is 518 g/mol. The highest BCUT2D eigenvalue weighted by atomic mass is 19.3. The van der Waals surface area contributed by atoms with Gasteiger partial charge in [0.25, 0.3) is 12.3 Å². The van der Waals surface area contributed by atoms with E-state index in [0.717, 1.165) is 11.8 Å². The third kappa shape index (κ3) is 5.81. The number of carbonyl (C=O) groups excluding carboxylic acids is 2. The van der Waals surface area contributed by atoms with Crippen LogP contribution in [0.2, 0.25) is 0 Å². The highest BCUT2D eigenvalue weighted by molar-refractivity contribution is 6.07. The van der Waals surface area contributed by atoms with Gasteiger partial charge in [-0.2, -0.15) is 5.10 Å². The van der Waals surface area contributed by atoms with E-state index in [9.17, 15) is 22.8 Å². The minimum atomic E-state index is -2.96. The second kappa shape index (κ2) is 10.3. The summed E-state index contributed by atoms with van der Waals surface area (Å²) in [7, 11) is 0. The van der Waals surface area contributed by atoms with E-state index in [1.54, 1.807) is 17.2 Å².